The Hall–Kier alpha value is -3.70. The third-order valence-electron chi connectivity index (χ3n) is 5.83. The summed E-state index contributed by atoms with van der Waals surface area (Å²) < 4.78 is 0. The maximum atomic E-state index is 9.16. The molecule has 6 N–H and O–H groups in total. The molecule has 1 saturated carbocycles. The van der Waals surface area contributed by atoms with Gasteiger partial charge in [-0.3, -0.25) is 0 Å². The van der Waals surface area contributed by atoms with Crippen molar-refractivity contribution in [1.82, 2.24) is 19.9 Å². The molecule has 8 heteroatoms. The second-order valence-corrected chi connectivity index (χ2v) is 7.81. The number of nitrogen functional groups attached to an aromatic ring is 1. The van der Waals surface area contributed by atoms with E-state index >= 15 is 0 Å². The molecular formula is C22H22N8. The number of anilines is 2. The van der Waals surface area contributed by atoms with Gasteiger partial charge in [0.25, 0.3) is 0 Å². The number of H-pyrrole nitrogens is 1. The fraction of sp³-hybridized carbons (Fsp3) is 0.273. The fourth-order valence-corrected chi connectivity index (χ4v) is 4.16. The van der Waals surface area contributed by atoms with Crippen molar-refractivity contribution in [3.05, 3.63) is 42.2 Å². The maximum absolute atomic E-state index is 9.16. The molecular weight excluding hydrogens is 376 g/mol. The summed E-state index contributed by atoms with van der Waals surface area (Å²) in [5.74, 6) is 0.928. The highest BCUT2D eigenvalue weighted by molar-refractivity contribution is 6.00. The molecule has 4 aromatic rings. The summed E-state index contributed by atoms with van der Waals surface area (Å²) in [4.78, 5) is 16.9. The Labute approximate surface area is 173 Å². The van der Waals surface area contributed by atoms with Crippen molar-refractivity contribution in [3.63, 3.8) is 0 Å². The summed E-state index contributed by atoms with van der Waals surface area (Å²) >= 11 is 0. The number of pyridine rings is 1. The lowest BCUT2D eigenvalue weighted by molar-refractivity contribution is 0.402. The SMILES string of the molecule is N#Cc1ccc2[nH]c(-c3cnc(N)c4cnc(N[C@@H]5CCCC[C@@H]5N)nc34)cc2c1. The van der Waals surface area contributed by atoms with Crippen molar-refractivity contribution < 1.29 is 0 Å². The molecule has 0 bridgehead atoms. The van der Waals surface area contributed by atoms with Gasteiger partial charge in [-0.05, 0) is 37.1 Å². The first-order chi connectivity index (χ1) is 14.6. The van der Waals surface area contributed by atoms with Gasteiger partial charge in [-0.2, -0.15) is 5.26 Å². The summed E-state index contributed by atoms with van der Waals surface area (Å²) in [5.41, 5.74) is 16.3. The van der Waals surface area contributed by atoms with Crippen LogP contribution in [-0.2, 0) is 0 Å². The van der Waals surface area contributed by atoms with E-state index in [1.54, 1.807) is 18.5 Å². The quantitative estimate of drug-likeness (QED) is 0.414. The van der Waals surface area contributed by atoms with E-state index in [-0.39, 0.29) is 12.1 Å². The molecule has 5 rings (SSSR count). The van der Waals surface area contributed by atoms with Crippen LogP contribution in [-0.4, -0.2) is 32.0 Å². The highest BCUT2D eigenvalue weighted by atomic mass is 15.1. The molecule has 1 fully saturated rings. The largest absolute Gasteiger partial charge is 0.383 e. The number of nitrogens with one attached hydrogen (secondary N) is 2. The fourth-order valence-electron chi connectivity index (χ4n) is 4.16. The van der Waals surface area contributed by atoms with Crippen LogP contribution in [0, 0.1) is 11.3 Å². The van der Waals surface area contributed by atoms with E-state index < -0.39 is 0 Å². The van der Waals surface area contributed by atoms with Gasteiger partial charge in [0.15, 0.2) is 0 Å². The van der Waals surface area contributed by atoms with E-state index in [1.807, 2.05) is 18.2 Å². The van der Waals surface area contributed by atoms with Crippen molar-refractivity contribution in [3.8, 4) is 17.3 Å². The lowest BCUT2D eigenvalue weighted by Gasteiger charge is -2.29. The first-order valence-corrected chi connectivity index (χ1v) is 10.1. The Kier molecular flexibility index (Phi) is 4.45. The summed E-state index contributed by atoms with van der Waals surface area (Å²) in [6.07, 6.45) is 7.77. The zero-order valence-corrected chi connectivity index (χ0v) is 16.4. The number of hydrogen-bond acceptors (Lipinski definition) is 7. The van der Waals surface area contributed by atoms with E-state index in [2.05, 4.69) is 26.3 Å². The average Bonchev–Trinajstić information content (AvgIpc) is 3.18. The van der Waals surface area contributed by atoms with Gasteiger partial charge in [0.1, 0.15) is 5.82 Å². The van der Waals surface area contributed by atoms with Crippen LogP contribution in [0.1, 0.15) is 31.2 Å². The van der Waals surface area contributed by atoms with Gasteiger partial charge >= 0.3 is 0 Å². The molecule has 150 valence electrons. The molecule has 0 amide bonds. The standard InChI is InChI=1S/C22H22N8/c23-9-12-5-6-17-13(7-12)8-19(28-17)14-10-26-21(25)15-11-27-22(30-20(14)15)29-18-4-2-1-3-16(18)24/h5-8,10-11,16,18,28H,1-4,24H2,(H2,25,26)(H,27,29,30)/t16-,18+/m0/s1. The summed E-state index contributed by atoms with van der Waals surface area (Å²) in [6, 6.07) is 9.98. The molecule has 0 radical (unpaired) electrons. The summed E-state index contributed by atoms with van der Waals surface area (Å²) in [6.45, 7) is 0. The van der Waals surface area contributed by atoms with Crippen molar-refractivity contribution in [1.29, 1.82) is 5.26 Å². The molecule has 1 aromatic carbocycles. The lowest BCUT2D eigenvalue weighted by atomic mass is 9.91. The van der Waals surface area contributed by atoms with Gasteiger partial charge in [0.2, 0.25) is 5.95 Å². The number of benzene rings is 1. The van der Waals surface area contributed by atoms with Crippen LogP contribution in [0.15, 0.2) is 36.7 Å². The molecule has 0 spiro atoms. The molecule has 3 heterocycles. The summed E-state index contributed by atoms with van der Waals surface area (Å²) in [5, 5.41) is 14.2. The first-order valence-electron chi connectivity index (χ1n) is 10.1. The van der Waals surface area contributed by atoms with Crippen molar-refractivity contribution >= 4 is 33.6 Å². The number of rotatable bonds is 3. The number of hydrogen-bond donors (Lipinski definition) is 4. The molecule has 0 saturated heterocycles. The topological polar surface area (TPSA) is 142 Å². The van der Waals surface area contributed by atoms with Gasteiger partial charge < -0.3 is 21.8 Å². The predicted octanol–water partition coefficient (Wildman–Crippen LogP) is 3.31. The molecule has 0 aliphatic heterocycles. The molecule has 3 aromatic heterocycles. The number of nitrogens with zero attached hydrogens (tertiary/aromatic N) is 4. The minimum Gasteiger partial charge on any atom is -0.383 e. The molecule has 1 aliphatic rings. The Bertz CT molecular complexity index is 1290. The molecule has 1 aliphatic carbocycles. The van der Waals surface area contributed by atoms with Gasteiger partial charge in [-0.15, -0.1) is 0 Å². The second-order valence-electron chi connectivity index (χ2n) is 7.81. The molecule has 8 nitrogen and oxygen atoms in total. The third kappa shape index (κ3) is 3.19. The van der Waals surface area contributed by atoms with Crippen LogP contribution in [0.5, 0.6) is 0 Å². The average molecular weight is 398 g/mol. The zero-order valence-electron chi connectivity index (χ0n) is 16.4. The number of aromatic nitrogens is 4. The van der Waals surface area contributed by atoms with Crippen LogP contribution in [0.25, 0.3) is 33.1 Å². The summed E-state index contributed by atoms with van der Waals surface area (Å²) in [7, 11) is 0. The monoisotopic (exact) mass is 398 g/mol. The molecule has 30 heavy (non-hydrogen) atoms. The highest BCUT2D eigenvalue weighted by Gasteiger charge is 2.23. The molecule has 2 atom stereocenters. The van der Waals surface area contributed by atoms with E-state index in [4.69, 9.17) is 21.7 Å². The zero-order chi connectivity index (χ0) is 20.7. The first kappa shape index (κ1) is 18.3. The minimum absolute atomic E-state index is 0.100. The van der Waals surface area contributed by atoms with E-state index in [1.165, 1.54) is 0 Å². The van der Waals surface area contributed by atoms with E-state index in [0.717, 1.165) is 53.4 Å². The smallest absolute Gasteiger partial charge is 0.223 e. The Morgan fingerprint density at radius 2 is 2.00 bits per heavy atom. The van der Waals surface area contributed by atoms with Crippen molar-refractivity contribution in [2.45, 2.75) is 37.8 Å². The predicted molar refractivity (Wildman–Crippen MR) is 118 cm³/mol. The molecule has 0 unspecified atom stereocenters. The van der Waals surface area contributed by atoms with Crippen LogP contribution >= 0.6 is 0 Å². The van der Waals surface area contributed by atoms with E-state index in [0.29, 0.717) is 22.7 Å². The lowest BCUT2D eigenvalue weighted by Crippen LogP contribution is -2.42. The van der Waals surface area contributed by atoms with Gasteiger partial charge in [0, 0.05) is 40.9 Å². The van der Waals surface area contributed by atoms with Crippen LogP contribution in [0.3, 0.4) is 0 Å². The van der Waals surface area contributed by atoms with Crippen LogP contribution in [0.2, 0.25) is 0 Å². The van der Waals surface area contributed by atoms with Crippen LogP contribution < -0.4 is 16.8 Å². The van der Waals surface area contributed by atoms with E-state index in [9.17, 15) is 0 Å². The van der Waals surface area contributed by atoms with Crippen molar-refractivity contribution in [2.75, 3.05) is 11.1 Å². The van der Waals surface area contributed by atoms with Gasteiger partial charge in [0.05, 0.1) is 28.2 Å². The number of aromatic amines is 1. The number of nitrogens with two attached hydrogens (primary N) is 2. The van der Waals surface area contributed by atoms with Gasteiger partial charge in [-0.25, -0.2) is 15.0 Å². The second kappa shape index (κ2) is 7.28. The number of nitriles is 1. The Morgan fingerprint density at radius 3 is 2.83 bits per heavy atom. The van der Waals surface area contributed by atoms with Crippen molar-refractivity contribution in [2.24, 2.45) is 5.73 Å². The normalized spacial score (nSPS) is 19.1. The Morgan fingerprint density at radius 1 is 1.13 bits per heavy atom. The van der Waals surface area contributed by atoms with Gasteiger partial charge in [-0.1, -0.05) is 12.8 Å². The van der Waals surface area contributed by atoms with Crippen LogP contribution in [0.4, 0.5) is 11.8 Å². The maximum Gasteiger partial charge on any atom is 0.223 e. The number of fused-ring (bicyclic) bond motifs is 2. The minimum atomic E-state index is 0.100. The third-order valence-corrected chi connectivity index (χ3v) is 5.83. The Balaban J connectivity index is 1.59. The highest BCUT2D eigenvalue weighted by Crippen LogP contribution is 2.32.